The van der Waals surface area contributed by atoms with Crippen molar-refractivity contribution in [1.82, 2.24) is 14.9 Å². The van der Waals surface area contributed by atoms with Crippen LogP contribution < -0.4 is 5.32 Å². The number of alkyl halides is 1. The number of hydrogen-bond acceptors (Lipinski definition) is 2. The van der Waals surface area contributed by atoms with E-state index in [1.807, 2.05) is 18.4 Å². The van der Waals surface area contributed by atoms with Crippen molar-refractivity contribution in [3.8, 4) is 0 Å². The summed E-state index contributed by atoms with van der Waals surface area (Å²) in [5, 5.41) is 2.84. The number of hydrogen-bond donors (Lipinski definition) is 1. The summed E-state index contributed by atoms with van der Waals surface area (Å²) in [5.74, 6) is 0.431. The van der Waals surface area contributed by atoms with Crippen molar-refractivity contribution in [1.29, 1.82) is 0 Å². The number of imidazole rings is 1. The SMILES string of the molecule is CC(C)NC(=O)CCn1c(CCl)nc2cc(F)c(Br)cc21. The summed E-state index contributed by atoms with van der Waals surface area (Å²) in [6, 6.07) is 3.13. The fourth-order valence-corrected chi connectivity index (χ4v) is 2.66. The largest absolute Gasteiger partial charge is 0.354 e. The van der Waals surface area contributed by atoms with Crippen LogP contribution in [0.25, 0.3) is 11.0 Å². The first-order valence-electron chi connectivity index (χ1n) is 6.62. The Bertz CT molecular complexity index is 672. The van der Waals surface area contributed by atoms with Gasteiger partial charge >= 0.3 is 0 Å². The van der Waals surface area contributed by atoms with Crippen LogP contribution in [0.1, 0.15) is 26.1 Å². The Morgan fingerprint density at radius 3 is 2.86 bits per heavy atom. The van der Waals surface area contributed by atoms with Gasteiger partial charge in [0.2, 0.25) is 5.91 Å². The first kappa shape index (κ1) is 16.2. The Morgan fingerprint density at radius 1 is 1.52 bits per heavy atom. The third-order valence-corrected chi connectivity index (χ3v) is 3.85. The summed E-state index contributed by atoms with van der Waals surface area (Å²) < 4.78 is 15.8. The smallest absolute Gasteiger partial charge is 0.221 e. The highest BCUT2D eigenvalue weighted by Crippen LogP contribution is 2.25. The van der Waals surface area contributed by atoms with E-state index in [2.05, 4.69) is 26.2 Å². The number of nitrogens with one attached hydrogen (secondary N) is 1. The maximum atomic E-state index is 13.6. The molecule has 1 heterocycles. The first-order chi connectivity index (χ1) is 9.92. The average Bonchev–Trinajstić information content (AvgIpc) is 2.73. The van der Waals surface area contributed by atoms with Gasteiger partial charge in [0, 0.05) is 25.1 Å². The van der Waals surface area contributed by atoms with Gasteiger partial charge in [0.1, 0.15) is 11.6 Å². The molecule has 0 bridgehead atoms. The van der Waals surface area contributed by atoms with Crippen LogP contribution in [0.2, 0.25) is 0 Å². The highest BCUT2D eigenvalue weighted by Gasteiger charge is 2.14. The molecule has 21 heavy (non-hydrogen) atoms. The zero-order chi connectivity index (χ0) is 15.6. The summed E-state index contributed by atoms with van der Waals surface area (Å²) in [4.78, 5) is 16.1. The molecular formula is C14H16BrClFN3O. The summed E-state index contributed by atoms with van der Waals surface area (Å²) in [5.41, 5.74) is 1.30. The molecule has 0 radical (unpaired) electrons. The number of fused-ring (bicyclic) bond motifs is 1. The summed E-state index contributed by atoms with van der Waals surface area (Å²) in [7, 11) is 0. The minimum Gasteiger partial charge on any atom is -0.354 e. The third kappa shape index (κ3) is 3.74. The van der Waals surface area contributed by atoms with E-state index in [9.17, 15) is 9.18 Å². The Kier molecular flexibility index (Phi) is 5.22. The molecular weight excluding hydrogens is 361 g/mol. The molecule has 0 aliphatic heterocycles. The Labute approximate surface area is 135 Å². The Balaban J connectivity index is 2.29. The molecule has 7 heteroatoms. The second-order valence-electron chi connectivity index (χ2n) is 5.04. The lowest BCUT2D eigenvalue weighted by molar-refractivity contribution is -0.121. The Morgan fingerprint density at radius 2 is 2.24 bits per heavy atom. The quantitative estimate of drug-likeness (QED) is 0.811. The van der Waals surface area contributed by atoms with Crippen LogP contribution in [0.4, 0.5) is 4.39 Å². The molecule has 0 saturated carbocycles. The second kappa shape index (κ2) is 6.75. The van der Waals surface area contributed by atoms with E-state index in [4.69, 9.17) is 11.6 Å². The van der Waals surface area contributed by atoms with Gasteiger partial charge in [0.15, 0.2) is 0 Å². The summed E-state index contributed by atoms with van der Waals surface area (Å²) in [6.07, 6.45) is 0.322. The first-order valence-corrected chi connectivity index (χ1v) is 7.94. The number of carbonyl (C=O) groups excluding carboxylic acids is 1. The lowest BCUT2D eigenvalue weighted by atomic mass is 10.3. The van der Waals surface area contributed by atoms with E-state index in [1.54, 1.807) is 6.07 Å². The van der Waals surface area contributed by atoms with Gasteiger partial charge in [-0.1, -0.05) is 0 Å². The monoisotopic (exact) mass is 375 g/mol. The number of benzene rings is 1. The molecule has 0 aliphatic carbocycles. The summed E-state index contributed by atoms with van der Waals surface area (Å²) >= 11 is 9.06. The number of carbonyl (C=O) groups is 1. The van der Waals surface area contributed by atoms with E-state index < -0.39 is 0 Å². The molecule has 1 aromatic carbocycles. The van der Waals surface area contributed by atoms with Crippen molar-refractivity contribution < 1.29 is 9.18 Å². The highest BCUT2D eigenvalue weighted by molar-refractivity contribution is 9.10. The van der Waals surface area contributed by atoms with Crippen LogP contribution in [0.15, 0.2) is 16.6 Å². The second-order valence-corrected chi connectivity index (χ2v) is 6.16. The molecule has 2 aromatic rings. The van der Waals surface area contributed by atoms with Crippen LogP contribution >= 0.6 is 27.5 Å². The average molecular weight is 377 g/mol. The van der Waals surface area contributed by atoms with E-state index in [0.717, 1.165) is 5.52 Å². The van der Waals surface area contributed by atoms with Gasteiger partial charge in [0.05, 0.1) is 21.4 Å². The van der Waals surface area contributed by atoms with Crippen LogP contribution in [0, 0.1) is 5.82 Å². The fourth-order valence-electron chi connectivity index (χ4n) is 2.13. The molecule has 0 spiro atoms. The predicted molar refractivity (Wildman–Crippen MR) is 84.8 cm³/mol. The summed E-state index contributed by atoms with van der Waals surface area (Å²) in [6.45, 7) is 4.28. The predicted octanol–water partition coefficient (Wildman–Crippen LogP) is 3.59. The van der Waals surface area contributed by atoms with Gasteiger partial charge < -0.3 is 9.88 Å². The molecule has 1 amide bonds. The number of aromatic nitrogens is 2. The molecule has 0 unspecified atom stereocenters. The van der Waals surface area contributed by atoms with Gasteiger partial charge in [-0.15, -0.1) is 11.6 Å². The van der Waals surface area contributed by atoms with E-state index in [0.29, 0.717) is 28.8 Å². The van der Waals surface area contributed by atoms with Gasteiger partial charge in [-0.3, -0.25) is 4.79 Å². The molecule has 1 aromatic heterocycles. The van der Waals surface area contributed by atoms with E-state index in [-0.39, 0.29) is 23.6 Å². The van der Waals surface area contributed by atoms with Crippen molar-refractivity contribution >= 4 is 44.5 Å². The maximum Gasteiger partial charge on any atom is 0.221 e. The highest BCUT2D eigenvalue weighted by atomic mass is 79.9. The standard InChI is InChI=1S/C14H16BrClFN3O/c1-8(2)18-14(21)3-4-20-12-5-9(15)10(17)6-11(12)19-13(20)7-16/h5-6,8H,3-4,7H2,1-2H3,(H,18,21). The van der Waals surface area contributed by atoms with Crippen molar-refractivity contribution in [2.24, 2.45) is 0 Å². The number of nitrogens with zero attached hydrogens (tertiary/aromatic N) is 2. The molecule has 2 rings (SSSR count). The lowest BCUT2D eigenvalue weighted by Crippen LogP contribution is -2.30. The molecule has 114 valence electrons. The van der Waals surface area contributed by atoms with Crippen LogP contribution in [-0.2, 0) is 17.2 Å². The van der Waals surface area contributed by atoms with Crippen molar-refractivity contribution in [3.05, 3.63) is 28.2 Å². The zero-order valence-corrected chi connectivity index (χ0v) is 14.1. The molecule has 0 saturated heterocycles. The minimum absolute atomic E-state index is 0.0338. The van der Waals surface area contributed by atoms with E-state index >= 15 is 0 Å². The van der Waals surface area contributed by atoms with E-state index in [1.165, 1.54) is 6.07 Å². The van der Waals surface area contributed by atoms with Crippen LogP contribution in [0.3, 0.4) is 0 Å². The Hall–Kier alpha value is -1.14. The molecule has 0 aliphatic rings. The van der Waals surface area contributed by atoms with Crippen molar-refractivity contribution in [2.45, 2.75) is 38.7 Å². The van der Waals surface area contributed by atoms with Crippen LogP contribution in [0.5, 0.6) is 0 Å². The fraction of sp³-hybridized carbons (Fsp3) is 0.429. The van der Waals surface area contributed by atoms with Gasteiger partial charge in [0.25, 0.3) is 0 Å². The number of amides is 1. The zero-order valence-electron chi connectivity index (χ0n) is 11.8. The van der Waals surface area contributed by atoms with Gasteiger partial charge in [-0.05, 0) is 35.8 Å². The number of aryl methyl sites for hydroxylation is 1. The van der Waals surface area contributed by atoms with Crippen LogP contribution in [-0.4, -0.2) is 21.5 Å². The molecule has 0 atom stereocenters. The topological polar surface area (TPSA) is 46.9 Å². The minimum atomic E-state index is -0.370. The molecule has 1 N–H and O–H groups in total. The normalized spacial score (nSPS) is 11.3. The molecule has 0 fully saturated rings. The lowest BCUT2D eigenvalue weighted by Gasteiger charge is -2.10. The number of rotatable bonds is 5. The molecule has 4 nitrogen and oxygen atoms in total. The third-order valence-electron chi connectivity index (χ3n) is 3.00. The van der Waals surface area contributed by atoms with Crippen molar-refractivity contribution in [2.75, 3.05) is 0 Å². The maximum absolute atomic E-state index is 13.6. The van der Waals surface area contributed by atoms with Gasteiger partial charge in [-0.2, -0.15) is 0 Å². The number of halogens is 3. The van der Waals surface area contributed by atoms with Crippen molar-refractivity contribution in [3.63, 3.8) is 0 Å². The van der Waals surface area contributed by atoms with Gasteiger partial charge in [-0.25, -0.2) is 9.37 Å².